The third-order valence-electron chi connectivity index (χ3n) is 2.74. The molecule has 1 aliphatic rings. The number of benzene rings is 1. The van der Waals surface area contributed by atoms with E-state index in [9.17, 15) is 9.50 Å². The summed E-state index contributed by atoms with van der Waals surface area (Å²) < 4.78 is 13.2. The fourth-order valence-corrected chi connectivity index (χ4v) is 2.20. The zero-order valence-corrected chi connectivity index (χ0v) is 9.02. The van der Waals surface area contributed by atoms with E-state index in [-0.39, 0.29) is 5.75 Å². The Labute approximate surface area is 93.1 Å². The predicted octanol–water partition coefficient (Wildman–Crippen LogP) is 2.48. The molecule has 4 heteroatoms. The van der Waals surface area contributed by atoms with Crippen molar-refractivity contribution in [1.29, 1.82) is 0 Å². The second-order valence-corrected chi connectivity index (χ2v) is 4.33. The molecule has 0 spiro atoms. The van der Waals surface area contributed by atoms with E-state index in [1.807, 2.05) is 0 Å². The Morgan fingerprint density at radius 1 is 1.53 bits per heavy atom. The van der Waals surface area contributed by atoms with E-state index in [2.05, 4.69) is 5.32 Å². The first-order chi connectivity index (χ1) is 7.16. The summed E-state index contributed by atoms with van der Waals surface area (Å²) in [6.45, 7) is 0.995. The zero-order valence-electron chi connectivity index (χ0n) is 8.26. The van der Waals surface area contributed by atoms with Gasteiger partial charge in [-0.05, 0) is 43.5 Å². The molecule has 2 rings (SSSR count). The van der Waals surface area contributed by atoms with Crippen molar-refractivity contribution in [3.05, 3.63) is 28.5 Å². The van der Waals surface area contributed by atoms with Crippen molar-refractivity contribution in [3.8, 4) is 5.75 Å². The maximum absolute atomic E-state index is 13.2. The Balaban J connectivity index is 2.19. The molecule has 0 bridgehead atoms. The quantitative estimate of drug-likeness (QED) is 0.817. The smallest absolute Gasteiger partial charge is 0.166 e. The Hall–Kier alpha value is -0.800. The summed E-state index contributed by atoms with van der Waals surface area (Å²) in [5, 5.41) is 13.1. The van der Waals surface area contributed by atoms with Crippen LogP contribution in [0.1, 0.15) is 18.4 Å². The van der Waals surface area contributed by atoms with Gasteiger partial charge in [0.1, 0.15) is 0 Å². The number of hydrogen-bond acceptors (Lipinski definition) is 2. The average Bonchev–Trinajstić information content (AvgIpc) is 2.66. The summed E-state index contributed by atoms with van der Waals surface area (Å²) >= 11 is 5.74. The van der Waals surface area contributed by atoms with Gasteiger partial charge in [-0.15, -0.1) is 0 Å². The molecule has 1 aliphatic heterocycles. The van der Waals surface area contributed by atoms with Crippen LogP contribution in [0, 0.1) is 5.82 Å². The molecule has 0 radical (unpaired) electrons. The van der Waals surface area contributed by atoms with Crippen LogP contribution in [0.3, 0.4) is 0 Å². The van der Waals surface area contributed by atoms with Gasteiger partial charge in [0, 0.05) is 11.1 Å². The summed E-state index contributed by atoms with van der Waals surface area (Å²) in [5.74, 6) is -0.913. The lowest BCUT2D eigenvalue weighted by Gasteiger charge is -2.12. The van der Waals surface area contributed by atoms with Crippen LogP contribution in [-0.4, -0.2) is 17.7 Å². The molecule has 82 valence electrons. The van der Waals surface area contributed by atoms with Crippen LogP contribution in [-0.2, 0) is 6.42 Å². The highest BCUT2D eigenvalue weighted by Gasteiger charge is 2.18. The first-order valence-electron chi connectivity index (χ1n) is 5.07. The molecule has 2 N–H and O–H groups in total. The number of halogens is 2. The normalized spacial score (nSPS) is 20.8. The van der Waals surface area contributed by atoms with Gasteiger partial charge in [0.25, 0.3) is 0 Å². The SMILES string of the molecule is Oc1c(F)cc(Cl)cc1CC1CCCN1. The van der Waals surface area contributed by atoms with Crippen molar-refractivity contribution in [2.45, 2.75) is 25.3 Å². The molecule has 0 aromatic heterocycles. The highest BCUT2D eigenvalue weighted by atomic mass is 35.5. The standard InChI is InChI=1S/C11H13ClFNO/c12-8-4-7(11(15)10(13)6-8)5-9-2-1-3-14-9/h4,6,9,14-15H,1-3,5H2. The molecular weight excluding hydrogens is 217 g/mol. The van der Waals surface area contributed by atoms with Crippen molar-refractivity contribution in [1.82, 2.24) is 5.32 Å². The topological polar surface area (TPSA) is 32.3 Å². The summed E-state index contributed by atoms with van der Waals surface area (Å²) in [4.78, 5) is 0. The summed E-state index contributed by atoms with van der Waals surface area (Å²) in [6, 6.07) is 3.08. The Morgan fingerprint density at radius 2 is 2.33 bits per heavy atom. The molecule has 1 saturated heterocycles. The molecule has 0 amide bonds. The van der Waals surface area contributed by atoms with Crippen molar-refractivity contribution in [2.75, 3.05) is 6.54 Å². The minimum atomic E-state index is -0.643. The largest absolute Gasteiger partial charge is 0.505 e. The number of phenolic OH excluding ortho intramolecular Hbond substituents is 1. The third kappa shape index (κ3) is 2.41. The fraction of sp³-hybridized carbons (Fsp3) is 0.455. The molecule has 1 heterocycles. The lowest BCUT2D eigenvalue weighted by Crippen LogP contribution is -2.23. The number of phenols is 1. The van der Waals surface area contributed by atoms with Gasteiger partial charge in [-0.1, -0.05) is 11.6 Å². The highest BCUT2D eigenvalue weighted by molar-refractivity contribution is 6.30. The van der Waals surface area contributed by atoms with E-state index in [1.54, 1.807) is 6.07 Å². The predicted molar refractivity (Wildman–Crippen MR) is 57.8 cm³/mol. The van der Waals surface area contributed by atoms with Crippen LogP contribution in [0.2, 0.25) is 5.02 Å². The molecule has 0 aliphatic carbocycles. The molecule has 1 aromatic carbocycles. The van der Waals surface area contributed by atoms with Gasteiger partial charge >= 0.3 is 0 Å². The van der Waals surface area contributed by atoms with E-state index in [0.29, 0.717) is 23.0 Å². The fourth-order valence-electron chi connectivity index (χ4n) is 1.97. The lowest BCUT2D eigenvalue weighted by atomic mass is 10.0. The minimum absolute atomic E-state index is 0.270. The zero-order chi connectivity index (χ0) is 10.8. The van der Waals surface area contributed by atoms with Gasteiger partial charge < -0.3 is 10.4 Å². The molecule has 1 atom stereocenters. The third-order valence-corrected chi connectivity index (χ3v) is 2.95. The average molecular weight is 230 g/mol. The monoisotopic (exact) mass is 229 g/mol. The minimum Gasteiger partial charge on any atom is -0.505 e. The Kier molecular flexibility index (Phi) is 3.12. The second kappa shape index (κ2) is 4.37. The van der Waals surface area contributed by atoms with Gasteiger partial charge in [0.2, 0.25) is 0 Å². The maximum atomic E-state index is 13.2. The van der Waals surface area contributed by atoms with Gasteiger partial charge in [-0.2, -0.15) is 0 Å². The van der Waals surface area contributed by atoms with Crippen LogP contribution in [0.25, 0.3) is 0 Å². The van der Waals surface area contributed by atoms with Gasteiger partial charge in [0.15, 0.2) is 11.6 Å². The summed E-state index contributed by atoms with van der Waals surface area (Å²) in [5.41, 5.74) is 0.583. The van der Waals surface area contributed by atoms with Gasteiger partial charge in [-0.25, -0.2) is 4.39 Å². The highest BCUT2D eigenvalue weighted by Crippen LogP contribution is 2.27. The van der Waals surface area contributed by atoms with Crippen molar-refractivity contribution in [3.63, 3.8) is 0 Å². The molecule has 1 unspecified atom stereocenters. The number of hydrogen-bond donors (Lipinski definition) is 2. The Bertz CT molecular complexity index is 364. The van der Waals surface area contributed by atoms with E-state index >= 15 is 0 Å². The van der Waals surface area contributed by atoms with Crippen LogP contribution < -0.4 is 5.32 Å². The lowest BCUT2D eigenvalue weighted by molar-refractivity contribution is 0.422. The van der Waals surface area contributed by atoms with E-state index in [1.165, 1.54) is 0 Å². The van der Waals surface area contributed by atoms with E-state index in [4.69, 9.17) is 11.6 Å². The molecule has 0 saturated carbocycles. The molecule has 15 heavy (non-hydrogen) atoms. The van der Waals surface area contributed by atoms with E-state index < -0.39 is 5.82 Å². The van der Waals surface area contributed by atoms with Crippen molar-refractivity contribution in [2.24, 2.45) is 0 Å². The van der Waals surface area contributed by atoms with Crippen LogP contribution >= 0.6 is 11.6 Å². The van der Waals surface area contributed by atoms with Crippen LogP contribution in [0.4, 0.5) is 4.39 Å². The first kappa shape index (κ1) is 10.7. The van der Waals surface area contributed by atoms with Crippen molar-refractivity contribution >= 4 is 11.6 Å². The first-order valence-corrected chi connectivity index (χ1v) is 5.45. The number of aromatic hydroxyl groups is 1. The number of nitrogens with one attached hydrogen (secondary N) is 1. The van der Waals surface area contributed by atoms with Crippen LogP contribution in [0.5, 0.6) is 5.75 Å². The molecular formula is C11H13ClFNO. The molecule has 2 nitrogen and oxygen atoms in total. The van der Waals surface area contributed by atoms with Gasteiger partial charge in [0.05, 0.1) is 0 Å². The summed E-state index contributed by atoms with van der Waals surface area (Å²) in [6.07, 6.45) is 2.82. The van der Waals surface area contributed by atoms with Gasteiger partial charge in [-0.3, -0.25) is 0 Å². The number of rotatable bonds is 2. The van der Waals surface area contributed by atoms with E-state index in [0.717, 1.165) is 25.5 Å². The Morgan fingerprint density at radius 3 is 3.00 bits per heavy atom. The van der Waals surface area contributed by atoms with Crippen molar-refractivity contribution < 1.29 is 9.50 Å². The second-order valence-electron chi connectivity index (χ2n) is 3.89. The molecule has 1 aromatic rings. The van der Waals surface area contributed by atoms with Crippen LogP contribution in [0.15, 0.2) is 12.1 Å². The maximum Gasteiger partial charge on any atom is 0.166 e. The summed E-state index contributed by atoms with van der Waals surface area (Å²) in [7, 11) is 0. The molecule has 1 fully saturated rings.